The molecular formula is C27H26ClN5O6. The molecule has 0 spiro atoms. The van der Waals surface area contributed by atoms with E-state index in [4.69, 9.17) is 25.5 Å². The van der Waals surface area contributed by atoms with Crippen LogP contribution in [-0.4, -0.2) is 54.2 Å². The second-order valence-electron chi connectivity index (χ2n) is 8.35. The predicted octanol–water partition coefficient (Wildman–Crippen LogP) is 3.80. The van der Waals surface area contributed by atoms with Gasteiger partial charge in [0.15, 0.2) is 12.2 Å². The van der Waals surface area contributed by atoms with Crippen LogP contribution in [0.25, 0.3) is 22.5 Å². The molecular weight excluding hydrogens is 526 g/mol. The number of pyridine rings is 2. The minimum Gasteiger partial charge on any atom is -0.495 e. The SMILES string of the molecule is CNC(=O)c1ccc(NC(=O)C(CCOC)n2cc(OC)c(-c3cc(Cl)ccc3-c3cnco3)cc2=O)cn1. The van der Waals surface area contributed by atoms with Crippen molar-refractivity contribution in [2.45, 2.75) is 12.5 Å². The quantitative estimate of drug-likeness (QED) is 0.303. The van der Waals surface area contributed by atoms with Crippen LogP contribution in [0.5, 0.6) is 5.75 Å². The number of rotatable bonds is 10. The van der Waals surface area contributed by atoms with E-state index >= 15 is 0 Å². The fourth-order valence-corrected chi connectivity index (χ4v) is 4.20. The molecule has 4 rings (SSSR count). The van der Waals surface area contributed by atoms with Crippen LogP contribution < -0.4 is 20.9 Å². The summed E-state index contributed by atoms with van der Waals surface area (Å²) in [5.41, 5.74) is 1.84. The number of hydrogen-bond acceptors (Lipinski definition) is 8. The van der Waals surface area contributed by atoms with E-state index in [9.17, 15) is 14.4 Å². The van der Waals surface area contributed by atoms with E-state index < -0.39 is 17.5 Å². The Kier molecular flexibility index (Phi) is 8.74. The summed E-state index contributed by atoms with van der Waals surface area (Å²) in [5.74, 6) is 0.00467. The number of anilines is 1. The normalized spacial score (nSPS) is 11.6. The Balaban J connectivity index is 1.72. The number of methoxy groups -OCH3 is 2. The second kappa shape index (κ2) is 12.4. The molecule has 0 aliphatic heterocycles. The number of nitrogens with one attached hydrogen (secondary N) is 2. The Morgan fingerprint density at radius 3 is 2.56 bits per heavy atom. The molecule has 11 nitrogen and oxygen atoms in total. The molecule has 202 valence electrons. The summed E-state index contributed by atoms with van der Waals surface area (Å²) in [6.07, 6.45) is 5.92. The van der Waals surface area contributed by atoms with Gasteiger partial charge < -0.3 is 24.5 Å². The molecule has 1 unspecified atom stereocenters. The molecule has 39 heavy (non-hydrogen) atoms. The summed E-state index contributed by atoms with van der Waals surface area (Å²) < 4.78 is 17.6. The predicted molar refractivity (Wildman–Crippen MR) is 145 cm³/mol. The topological polar surface area (TPSA) is 138 Å². The first kappa shape index (κ1) is 27.6. The van der Waals surface area contributed by atoms with Crippen LogP contribution in [0.4, 0.5) is 5.69 Å². The van der Waals surface area contributed by atoms with Crippen molar-refractivity contribution in [1.82, 2.24) is 19.9 Å². The Morgan fingerprint density at radius 2 is 1.92 bits per heavy atom. The molecule has 4 aromatic rings. The molecule has 0 aliphatic carbocycles. The van der Waals surface area contributed by atoms with Gasteiger partial charge in [0.25, 0.3) is 11.5 Å². The van der Waals surface area contributed by atoms with Crippen molar-refractivity contribution in [2.24, 2.45) is 0 Å². The molecule has 0 saturated carbocycles. The van der Waals surface area contributed by atoms with Gasteiger partial charge in [-0.25, -0.2) is 9.97 Å². The van der Waals surface area contributed by atoms with Gasteiger partial charge in [0.05, 0.1) is 31.4 Å². The smallest absolute Gasteiger partial charge is 0.269 e. The van der Waals surface area contributed by atoms with E-state index in [0.717, 1.165) is 0 Å². The van der Waals surface area contributed by atoms with Crippen LogP contribution in [0.1, 0.15) is 23.0 Å². The largest absolute Gasteiger partial charge is 0.495 e. The Labute approximate surface area is 228 Å². The highest BCUT2D eigenvalue weighted by atomic mass is 35.5. The lowest BCUT2D eigenvalue weighted by atomic mass is 9.98. The lowest BCUT2D eigenvalue weighted by Gasteiger charge is -2.21. The molecule has 12 heteroatoms. The van der Waals surface area contributed by atoms with E-state index in [0.29, 0.717) is 38.9 Å². The van der Waals surface area contributed by atoms with Gasteiger partial charge in [-0.05, 0) is 35.9 Å². The Hall–Kier alpha value is -4.48. The summed E-state index contributed by atoms with van der Waals surface area (Å²) in [4.78, 5) is 46.6. The highest BCUT2D eigenvalue weighted by Gasteiger charge is 2.25. The number of carbonyl (C=O) groups is 2. The third-order valence-corrected chi connectivity index (χ3v) is 6.19. The fraction of sp³-hybridized carbons (Fsp3) is 0.222. The number of ether oxygens (including phenoxy) is 2. The van der Waals surface area contributed by atoms with Crippen molar-refractivity contribution in [1.29, 1.82) is 0 Å². The van der Waals surface area contributed by atoms with Gasteiger partial charge in [-0.1, -0.05) is 11.6 Å². The number of halogens is 1. The Morgan fingerprint density at radius 1 is 1.10 bits per heavy atom. The highest BCUT2D eigenvalue weighted by Crippen LogP contribution is 2.38. The maximum Gasteiger partial charge on any atom is 0.269 e. The molecule has 1 aromatic carbocycles. The summed E-state index contributed by atoms with van der Waals surface area (Å²) in [5, 5.41) is 5.69. The van der Waals surface area contributed by atoms with Crippen molar-refractivity contribution in [2.75, 3.05) is 33.2 Å². The number of oxazole rings is 1. The van der Waals surface area contributed by atoms with E-state index in [1.165, 1.54) is 56.8 Å². The van der Waals surface area contributed by atoms with Gasteiger partial charge in [-0.3, -0.25) is 19.0 Å². The first-order valence-corrected chi connectivity index (χ1v) is 12.2. The molecule has 0 bridgehead atoms. The zero-order chi connectivity index (χ0) is 27.9. The summed E-state index contributed by atoms with van der Waals surface area (Å²) >= 11 is 6.29. The zero-order valence-corrected chi connectivity index (χ0v) is 22.2. The number of nitrogens with zero attached hydrogens (tertiary/aromatic N) is 3. The summed E-state index contributed by atoms with van der Waals surface area (Å²) in [6, 6.07) is 8.66. The van der Waals surface area contributed by atoms with Crippen LogP contribution in [0, 0.1) is 0 Å². The fourth-order valence-electron chi connectivity index (χ4n) is 4.03. The third-order valence-electron chi connectivity index (χ3n) is 5.96. The van der Waals surface area contributed by atoms with Gasteiger partial charge in [0, 0.05) is 49.4 Å². The van der Waals surface area contributed by atoms with Crippen LogP contribution in [0.15, 0.2) is 70.6 Å². The van der Waals surface area contributed by atoms with Gasteiger partial charge in [0.1, 0.15) is 17.5 Å². The summed E-state index contributed by atoms with van der Waals surface area (Å²) in [6.45, 7) is 0.215. The van der Waals surface area contributed by atoms with E-state index in [1.54, 1.807) is 30.5 Å². The van der Waals surface area contributed by atoms with E-state index in [2.05, 4.69) is 20.6 Å². The average molecular weight is 552 g/mol. The van der Waals surface area contributed by atoms with Crippen molar-refractivity contribution >= 4 is 29.1 Å². The van der Waals surface area contributed by atoms with Gasteiger partial charge in [0.2, 0.25) is 5.91 Å². The van der Waals surface area contributed by atoms with Crippen LogP contribution in [0.3, 0.4) is 0 Å². The highest BCUT2D eigenvalue weighted by molar-refractivity contribution is 6.31. The van der Waals surface area contributed by atoms with Crippen LogP contribution in [-0.2, 0) is 9.53 Å². The average Bonchev–Trinajstić information content (AvgIpc) is 3.48. The molecule has 1 atom stereocenters. The van der Waals surface area contributed by atoms with Crippen LogP contribution in [0.2, 0.25) is 5.02 Å². The van der Waals surface area contributed by atoms with Crippen molar-refractivity contribution in [3.05, 3.63) is 82.5 Å². The molecule has 2 amide bonds. The first-order chi connectivity index (χ1) is 18.9. The molecule has 3 aromatic heterocycles. The van der Waals surface area contributed by atoms with Gasteiger partial charge in [-0.2, -0.15) is 0 Å². The monoisotopic (exact) mass is 551 g/mol. The molecule has 0 saturated heterocycles. The Bertz CT molecular complexity index is 1520. The number of hydrogen-bond donors (Lipinski definition) is 2. The standard InChI is InChI=1S/C27H26ClN5O6/c1-29-26(35)21-7-5-17(12-31-21)32-27(36)22(8-9-37-2)33-14-24(38-3)20(11-25(33)34)19-10-16(28)4-6-18(19)23-13-30-15-39-23/h4-7,10-15,22H,8-9H2,1-3H3,(H,29,35)(H,32,36). The molecule has 0 aliphatic rings. The lowest BCUT2D eigenvalue weighted by molar-refractivity contribution is -0.119. The molecule has 2 N–H and O–H groups in total. The third kappa shape index (κ3) is 6.16. The molecule has 0 radical (unpaired) electrons. The number of aromatic nitrogens is 3. The lowest BCUT2D eigenvalue weighted by Crippen LogP contribution is -2.34. The van der Waals surface area contributed by atoms with E-state index in [1.807, 2.05) is 0 Å². The second-order valence-corrected chi connectivity index (χ2v) is 8.79. The summed E-state index contributed by atoms with van der Waals surface area (Å²) in [7, 11) is 4.47. The first-order valence-electron chi connectivity index (χ1n) is 11.8. The maximum atomic E-state index is 13.4. The number of benzene rings is 1. The van der Waals surface area contributed by atoms with Crippen LogP contribution >= 0.6 is 11.6 Å². The van der Waals surface area contributed by atoms with Gasteiger partial charge >= 0.3 is 0 Å². The van der Waals surface area contributed by atoms with Gasteiger partial charge in [-0.15, -0.1) is 0 Å². The minimum absolute atomic E-state index is 0.202. The minimum atomic E-state index is -0.938. The molecule has 3 heterocycles. The number of carbonyl (C=O) groups excluding carboxylic acids is 2. The van der Waals surface area contributed by atoms with Crippen molar-refractivity contribution < 1.29 is 23.5 Å². The molecule has 0 fully saturated rings. The van der Waals surface area contributed by atoms with E-state index in [-0.39, 0.29) is 24.6 Å². The number of amides is 2. The van der Waals surface area contributed by atoms with Crippen molar-refractivity contribution in [3.8, 4) is 28.2 Å². The van der Waals surface area contributed by atoms with Crippen molar-refractivity contribution in [3.63, 3.8) is 0 Å². The zero-order valence-electron chi connectivity index (χ0n) is 21.4. The maximum absolute atomic E-state index is 13.4.